The van der Waals surface area contributed by atoms with E-state index in [1.807, 2.05) is 0 Å². The molecular weight excluding hydrogens is 148 g/mol. The number of aliphatic carboxylic acids is 1. The van der Waals surface area contributed by atoms with Gasteiger partial charge in [-0.15, -0.1) is 0 Å². The SMILES string of the molecule is C=CC(=O)OC1CC1C(=O)O. The van der Waals surface area contributed by atoms with Crippen LogP contribution in [0.4, 0.5) is 0 Å². The molecule has 0 saturated heterocycles. The molecule has 11 heavy (non-hydrogen) atoms. The highest BCUT2D eigenvalue weighted by Crippen LogP contribution is 2.33. The Morgan fingerprint density at radius 3 is 2.64 bits per heavy atom. The Morgan fingerprint density at radius 2 is 2.27 bits per heavy atom. The number of carbonyl (C=O) groups is 2. The third kappa shape index (κ3) is 1.80. The van der Waals surface area contributed by atoms with Crippen molar-refractivity contribution in [2.75, 3.05) is 0 Å². The Labute approximate surface area is 63.5 Å². The third-order valence-corrected chi connectivity index (χ3v) is 1.48. The van der Waals surface area contributed by atoms with E-state index in [-0.39, 0.29) is 0 Å². The van der Waals surface area contributed by atoms with Crippen molar-refractivity contribution in [2.24, 2.45) is 5.92 Å². The molecule has 1 N–H and O–H groups in total. The molecule has 1 fully saturated rings. The van der Waals surface area contributed by atoms with E-state index in [4.69, 9.17) is 5.11 Å². The van der Waals surface area contributed by atoms with Gasteiger partial charge >= 0.3 is 11.9 Å². The summed E-state index contributed by atoms with van der Waals surface area (Å²) in [6, 6.07) is 0. The van der Waals surface area contributed by atoms with E-state index in [0.29, 0.717) is 6.42 Å². The topological polar surface area (TPSA) is 63.6 Å². The van der Waals surface area contributed by atoms with E-state index in [1.54, 1.807) is 0 Å². The van der Waals surface area contributed by atoms with Crippen molar-refractivity contribution in [3.05, 3.63) is 12.7 Å². The van der Waals surface area contributed by atoms with Crippen LogP contribution in [0.2, 0.25) is 0 Å². The summed E-state index contributed by atoms with van der Waals surface area (Å²) in [5, 5.41) is 8.39. The smallest absolute Gasteiger partial charge is 0.330 e. The molecule has 0 aliphatic heterocycles. The molecule has 4 heteroatoms. The molecule has 0 radical (unpaired) electrons. The lowest BCUT2D eigenvalue weighted by atomic mass is 10.4. The molecule has 1 aliphatic rings. The molecule has 2 unspecified atom stereocenters. The summed E-state index contributed by atoms with van der Waals surface area (Å²) in [4.78, 5) is 20.7. The minimum absolute atomic E-state index is 0.426. The summed E-state index contributed by atoms with van der Waals surface area (Å²) in [5.74, 6) is -1.97. The number of esters is 1. The van der Waals surface area contributed by atoms with E-state index < -0.39 is 24.0 Å². The highest BCUT2D eigenvalue weighted by molar-refractivity contribution is 5.82. The lowest BCUT2D eigenvalue weighted by Crippen LogP contribution is -2.08. The minimum Gasteiger partial charge on any atom is -0.481 e. The van der Waals surface area contributed by atoms with Crippen molar-refractivity contribution in [1.29, 1.82) is 0 Å². The number of rotatable bonds is 3. The van der Waals surface area contributed by atoms with Gasteiger partial charge < -0.3 is 9.84 Å². The lowest BCUT2D eigenvalue weighted by molar-refractivity contribution is -0.143. The molecule has 0 aromatic carbocycles. The Balaban J connectivity index is 2.28. The van der Waals surface area contributed by atoms with Crippen LogP contribution in [-0.4, -0.2) is 23.1 Å². The van der Waals surface area contributed by atoms with Crippen LogP contribution in [0.25, 0.3) is 0 Å². The van der Waals surface area contributed by atoms with Gasteiger partial charge in [-0.2, -0.15) is 0 Å². The average Bonchev–Trinajstić information content (AvgIpc) is 2.67. The molecule has 60 valence electrons. The maximum atomic E-state index is 10.5. The maximum Gasteiger partial charge on any atom is 0.330 e. The zero-order chi connectivity index (χ0) is 8.43. The van der Waals surface area contributed by atoms with E-state index in [9.17, 15) is 9.59 Å². The zero-order valence-electron chi connectivity index (χ0n) is 5.82. The van der Waals surface area contributed by atoms with Crippen LogP contribution in [0.1, 0.15) is 6.42 Å². The van der Waals surface area contributed by atoms with Crippen molar-refractivity contribution >= 4 is 11.9 Å². The first-order valence-corrected chi connectivity index (χ1v) is 3.21. The summed E-state index contributed by atoms with van der Waals surface area (Å²) in [6.45, 7) is 3.19. The average molecular weight is 156 g/mol. The number of carboxylic acid groups (broad SMARTS) is 1. The molecule has 0 bridgehead atoms. The molecule has 0 amide bonds. The normalized spacial score (nSPS) is 27.3. The first-order chi connectivity index (χ1) is 5.15. The zero-order valence-corrected chi connectivity index (χ0v) is 5.82. The van der Waals surface area contributed by atoms with Crippen LogP contribution >= 0.6 is 0 Å². The monoisotopic (exact) mass is 156 g/mol. The first kappa shape index (κ1) is 7.78. The Hall–Kier alpha value is -1.32. The van der Waals surface area contributed by atoms with Crippen molar-refractivity contribution < 1.29 is 19.4 Å². The summed E-state index contributed by atoms with van der Waals surface area (Å²) < 4.78 is 4.65. The molecule has 0 heterocycles. The fourth-order valence-electron chi connectivity index (χ4n) is 0.759. The van der Waals surface area contributed by atoms with Gasteiger partial charge in [0.05, 0.1) is 5.92 Å². The minimum atomic E-state index is -0.910. The van der Waals surface area contributed by atoms with Gasteiger partial charge in [0.25, 0.3) is 0 Å². The highest BCUT2D eigenvalue weighted by atomic mass is 16.6. The number of hydrogen-bond donors (Lipinski definition) is 1. The lowest BCUT2D eigenvalue weighted by Gasteiger charge is -1.96. The standard InChI is InChI=1S/C7H8O4/c1-2-6(8)11-5-3-4(5)7(9)10/h2,4-5H,1,3H2,(H,9,10). The van der Waals surface area contributed by atoms with E-state index >= 15 is 0 Å². The predicted molar refractivity (Wildman–Crippen MR) is 35.8 cm³/mol. The molecule has 1 saturated carbocycles. The van der Waals surface area contributed by atoms with E-state index in [2.05, 4.69) is 11.3 Å². The van der Waals surface area contributed by atoms with Gasteiger partial charge in [0, 0.05) is 12.5 Å². The van der Waals surface area contributed by atoms with Crippen LogP contribution in [0, 0.1) is 5.92 Å². The van der Waals surface area contributed by atoms with Crippen LogP contribution in [-0.2, 0) is 14.3 Å². The molecule has 0 aromatic heterocycles. The summed E-state index contributed by atoms with van der Waals surface area (Å²) >= 11 is 0. The largest absolute Gasteiger partial charge is 0.481 e. The van der Waals surface area contributed by atoms with Gasteiger partial charge in [-0.05, 0) is 0 Å². The van der Waals surface area contributed by atoms with Gasteiger partial charge in [0.1, 0.15) is 6.10 Å². The Kier molecular flexibility index (Phi) is 1.94. The molecule has 0 spiro atoms. The number of carbonyl (C=O) groups excluding carboxylic acids is 1. The Morgan fingerprint density at radius 1 is 1.64 bits per heavy atom. The number of hydrogen-bond acceptors (Lipinski definition) is 3. The van der Waals surface area contributed by atoms with Crippen molar-refractivity contribution in [3.63, 3.8) is 0 Å². The Bertz CT molecular complexity index is 208. The predicted octanol–water partition coefficient (Wildman–Crippen LogP) is 0.189. The quantitative estimate of drug-likeness (QED) is 0.468. The van der Waals surface area contributed by atoms with Crippen molar-refractivity contribution in [3.8, 4) is 0 Å². The van der Waals surface area contributed by atoms with Gasteiger partial charge in [-0.1, -0.05) is 6.58 Å². The first-order valence-electron chi connectivity index (χ1n) is 3.21. The van der Waals surface area contributed by atoms with Gasteiger partial charge in [-0.3, -0.25) is 4.79 Å². The van der Waals surface area contributed by atoms with Crippen molar-refractivity contribution in [1.82, 2.24) is 0 Å². The summed E-state index contributed by atoms with van der Waals surface area (Å²) in [5.41, 5.74) is 0. The summed E-state index contributed by atoms with van der Waals surface area (Å²) in [7, 11) is 0. The number of carboxylic acids is 1. The molecule has 1 aliphatic carbocycles. The molecule has 4 nitrogen and oxygen atoms in total. The molecule has 2 atom stereocenters. The van der Waals surface area contributed by atoms with Crippen LogP contribution < -0.4 is 0 Å². The van der Waals surface area contributed by atoms with Crippen LogP contribution in [0.3, 0.4) is 0 Å². The molecule has 0 aromatic rings. The van der Waals surface area contributed by atoms with Gasteiger partial charge in [0.15, 0.2) is 0 Å². The number of ether oxygens (including phenoxy) is 1. The van der Waals surface area contributed by atoms with Crippen LogP contribution in [0.5, 0.6) is 0 Å². The van der Waals surface area contributed by atoms with E-state index in [1.165, 1.54) is 0 Å². The summed E-state index contributed by atoms with van der Waals surface area (Å²) in [6.07, 6.45) is 1.02. The van der Waals surface area contributed by atoms with Crippen molar-refractivity contribution in [2.45, 2.75) is 12.5 Å². The van der Waals surface area contributed by atoms with Crippen LogP contribution in [0.15, 0.2) is 12.7 Å². The van der Waals surface area contributed by atoms with Gasteiger partial charge in [0.2, 0.25) is 0 Å². The fraction of sp³-hybridized carbons (Fsp3) is 0.429. The third-order valence-electron chi connectivity index (χ3n) is 1.48. The second kappa shape index (κ2) is 2.74. The fourth-order valence-corrected chi connectivity index (χ4v) is 0.759. The second-order valence-electron chi connectivity index (χ2n) is 2.36. The van der Waals surface area contributed by atoms with Gasteiger partial charge in [-0.25, -0.2) is 4.79 Å². The highest BCUT2D eigenvalue weighted by Gasteiger charge is 2.46. The molecule has 1 rings (SSSR count). The second-order valence-corrected chi connectivity index (χ2v) is 2.36. The maximum absolute atomic E-state index is 10.5. The molecular formula is C7H8O4. The van der Waals surface area contributed by atoms with E-state index in [0.717, 1.165) is 6.08 Å².